The number of rotatable bonds is 3. The van der Waals surface area contributed by atoms with E-state index in [1.807, 2.05) is 19.1 Å². The topological polar surface area (TPSA) is 24.9 Å². The lowest BCUT2D eigenvalue weighted by Gasteiger charge is -2.10. The molecule has 0 bridgehead atoms. The van der Waals surface area contributed by atoms with E-state index in [4.69, 9.17) is 0 Å². The van der Waals surface area contributed by atoms with Gasteiger partial charge in [0.15, 0.2) is 17.5 Å². The van der Waals surface area contributed by atoms with Crippen molar-refractivity contribution in [3.63, 3.8) is 0 Å². The van der Waals surface area contributed by atoms with Crippen molar-refractivity contribution in [3.05, 3.63) is 53.5 Å². The Hall–Kier alpha value is -2.04. The number of nitrogens with zero attached hydrogens (tertiary/aromatic N) is 1. The van der Waals surface area contributed by atoms with Crippen LogP contribution in [-0.4, -0.2) is 4.98 Å². The molecule has 94 valence electrons. The van der Waals surface area contributed by atoms with Crippen LogP contribution < -0.4 is 5.32 Å². The molecule has 0 saturated carbocycles. The fourth-order valence-electron chi connectivity index (χ4n) is 1.61. The molecule has 0 spiro atoms. The van der Waals surface area contributed by atoms with Gasteiger partial charge in [-0.3, -0.25) is 0 Å². The minimum Gasteiger partial charge on any atom is -0.337 e. The summed E-state index contributed by atoms with van der Waals surface area (Å²) in [7, 11) is 0. The van der Waals surface area contributed by atoms with Crippen molar-refractivity contribution in [1.82, 2.24) is 4.98 Å². The molecular weight excluding hydrogens is 241 g/mol. The maximum Gasteiger partial charge on any atom is 0.251 e. The first-order valence-electron chi connectivity index (χ1n) is 5.48. The number of benzene rings is 1. The molecule has 1 aromatic carbocycles. The van der Waals surface area contributed by atoms with Gasteiger partial charge >= 0.3 is 0 Å². The van der Waals surface area contributed by atoms with E-state index in [1.165, 1.54) is 0 Å². The molecule has 2 nitrogen and oxygen atoms in total. The summed E-state index contributed by atoms with van der Waals surface area (Å²) < 4.78 is 39.1. The molecule has 2 aromatic rings. The Morgan fingerprint density at radius 3 is 2.56 bits per heavy atom. The van der Waals surface area contributed by atoms with Crippen LogP contribution in [-0.2, 0) is 6.42 Å². The van der Waals surface area contributed by atoms with Crippen LogP contribution in [0.25, 0.3) is 0 Å². The third-order valence-electron chi connectivity index (χ3n) is 2.54. The summed E-state index contributed by atoms with van der Waals surface area (Å²) >= 11 is 0. The van der Waals surface area contributed by atoms with E-state index < -0.39 is 17.6 Å². The van der Waals surface area contributed by atoms with E-state index in [0.717, 1.165) is 12.0 Å². The Morgan fingerprint density at radius 2 is 1.83 bits per heavy atom. The highest BCUT2D eigenvalue weighted by Gasteiger charge is 2.12. The summed E-state index contributed by atoms with van der Waals surface area (Å²) in [6, 6.07) is 7.67. The SMILES string of the molecule is CCc1ccccc1Nc1nc(F)c(F)cc1F. The molecular formula is C13H11F3N2. The number of aromatic nitrogens is 1. The van der Waals surface area contributed by atoms with Crippen molar-refractivity contribution in [2.45, 2.75) is 13.3 Å². The number of hydrogen-bond acceptors (Lipinski definition) is 2. The minimum absolute atomic E-state index is 0.324. The number of aryl methyl sites for hydroxylation is 1. The summed E-state index contributed by atoms with van der Waals surface area (Å²) in [5.41, 5.74) is 1.56. The summed E-state index contributed by atoms with van der Waals surface area (Å²) in [4.78, 5) is 3.22. The van der Waals surface area contributed by atoms with Crippen LogP contribution in [0.15, 0.2) is 30.3 Å². The summed E-state index contributed by atoms with van der Waals surface area (Å²) in [6.07, 6.45) is 0.731. The largest absolute Gasteiger partial charge is 0.337 e. The van der Waals surface area contributed by atoms with E-state index in [1.54, 1.807) is 12.1 Å². The van der Waals surface area contributed by atoms with Crippen LogP contribution >= 0.6 is 0 Å². The molecule has 0 aliphatic heterocycles. The Morgan fingerprint density at radius 1 is 1.11 bits per heavy atom. The molecule has 18 heavy (non-hydrogen) atoms. The number of pyridine rings is 1. The molecule has 1 N–H and O–H groups in total. The highest BCUT2D eigenvalue weighted by molar-refractivity contribution is 5.60. The van der Waals surface area contributed by atoms with Crippen LogP contribution in [0.2, 0.25) is 0 Å². The van der Waals surface area contributed by atoms with Crippen LogP contribution in [0.5, 0.6) is 0 Å². The number of nitrogens with one attached hydrogen (secondary N) is 1. The average Bonchev–Trinajstić information content (AvgIpc) is 2.36. The molecule has 0 aliphatic rings. The molecule has 0 saturated heterocycles. The zero-order valence-corrected chi connectivity index (χ0v) is 9.67. The van der Waals surface area contributed by atoms with Crippen LogP contribution in [0, 0.1) is 17.6 Å². The first kappa shape index (κ1) is 12.4. The van der Waals surface area contributed by atoms with Crippen molar-refractivity contribution >= 4 is 11.5 Å². The van der Waals surface area contributed by atoms with Gasteiger partial charge in [0, 0.05) is 11.8 Å². The second-order valence-corrected chi connectivity index (χ2v) is 3.73. The number of anilines is 2. The predicted octanol–water partition coefficient (Wildman–Crippen LogP) is 3.80. The lowest BCUT2D eigenvalue weighted by Crippen LogP contribution is -2.03. The molecule has 0 radical (unpaired) electrons. The maximum absolute atomic E-state index is 13.4. The van der Waals surface area contributed by atoms with Crippen LogP contribution in [0.1, 0.15) is 12.5 Å². The molecule has 0 amide bonds. The maximum atomic E-state index is 13.4. The standard InChI is InChI=1S/C13H11F3N2/c1-2-8-5-3-4-6-11(8)17-13-10(15)7-9(14)12(16)18-13/h3-7H,2H2,1H3,(H,17,18). The van der Waals surface area contributed by atoms with E-state index in [-0.39, 0.29) is 5.82 Å². The van der Waals surface area contributed by atoms with Crippen LogP contribution in [0.4, 0.5) is 24.7 Å². The lowest BCUT2D eigenvalue weighted by atomic mass is 10.1. The molecule has 0 aliphatic carbocycles. The zero-order chi connectivity index (χ0) is 13.1. The Bertz CT molecular complexity index is 570. The van der Waals surface area contributed by atoms with Crippen molar-refractivity contribution < 1.29 is 13.2 Å². The van der Waals surface area contributed by atoms with Gasteiger partial charge in [-0.25, -0.2) is 8.78 Å². The van der Waals surface area contributed by atoms with E-state index in [2.05, 4.69) is 10.3 Å². The van der Waals surface area contributed by atoms with E-state index in [9.17, 15) is 13.2 Å². The average molecular weight is 252 g/mol. The van der Waals surface area contributed by atoms with Crippen LogP contribution in [0.3, 0.4) is 0 Å². The fourth-order valence-corrected chi connectivity index (χ4v) is 1.61. The molecule has 0 atom stereocenters. The van der Waals surface area contributed by atoms with Crippen molar-refractivity contribution in [3.8, 4) is 0 Å². The molecule has 0 unspecified atom stereocenters. The first-order valence-corrected chi connectivity index (χ1v) is 5.48. The number of para-hydroxylation sites is 1. The smallest absolute Gasteiger partial charge is 0.251 e. The second-order valence-electron chi connectivity index (χ2n) is 3.73. The Labute approximate surface area is 102 Å². The van der Waals surface area contributed by atoms with E-state index in [0.29, 0.717) is 11.8 Å². The molecule has 1 heterocycles. The predicted molar refractivity (Wildman–Crippen MR) is 63.2 cm³/mol. The summed E-state index contributed by atoms with van der Waals surface area (Å²) in [5, 5.41) is 2.67. The fraction of sp³-hybridized carbons (Fsp3) is 0.154. The normalized spacial score (nSPS) is 10.4. The highest BCUT2D eigenvalue weighted by Crippen LogP contribution is 2.22. The van der Waals surface area contributed by atoms with Gasteiger partial charge < -0.3 is 5.32 Å². The van der Waals surface area contributed by atoms with Crippen molar-refractivity contribution in [2.24, 2.45) is 0 Å². The van der Waals surface area contributed by atoms with Gasteiger partial charge in [0.2, 0.25) is 0 Å². The van der Waals surface area contributed by atoms with Gasteiger partial charge in [-0.05, 0) is 18.1 Å². The molecule has 2 rings (SSSR count). The molecule has 0 fully saturated rings. The van der Waals surface area contributed by atoms with Crippen molar-refractivity contribution in [1.29, 1.82) is 0 Å². The highest BCUT2D eigenvalue weighted by atomic mass is 19.2. The van der Waals surface area contributed by atoms with E-state index >= 15 is 0 Å². The van der Waals surface area contributed by atoms with Gasteiger partial charge in [-0.2, -0.15) is 9.37 Å². The van der Waals surface area contributed by atoms with Crippen molar-refractivity contribution in [2.75, 3.05) is 5.32 Å². The Kier molecular flexibility index (Phi) is 3.50. The third kappa shape index (κ3) is 2.45. The van der Waals surface area contributed by atoms with Gasteiger partial charge in [-0.15, -0.1) is 0 Å². The summed E-state index contributed by atoms with van der Waals surface area (Å²) in [6.45, 7) is 1.94. The molecule has 5 heteroatoms. The summed E-state index contributed by atoms with van der Waals surface area (Å²) in [5.74, 6) is -3.88. The number of halogens is 3. The zero-order valence-electron chi connectivity index (χ0n) is 9.67. The monoisotopic (exact) mass is 252 g/mol. The van der Waals surface area contributed by atoms with Gasteiger partial charge in [0.25, 0.3) is 5.95 Å². The first-order chi connectivity index (χ1) is 8.61. The third-order valence-corrected chi connectivity index (χ3v) is 2.54. The molecule has 1 aromatic heterocycles. The Balaban J connectivity index is 2.37. The second kappa shape index (κ2) is 5.08. The van der Waals surface area contributed by atoms with Gasteiger partial charge in [0.1, 0.15) is 0 Å². The lowest BCUT2D eigenvalue weighted by molar-refractivity contribution is 0.467. The van der Waals surface area contributed by atoms with Gasteiger partial charge in [-0.1, -0.05) is 25.1 Å². The number of hydrogen-bond donors (Lipinski definition) is 1. The minimum atomic E-state index is -1.33. The quantitative estimate of drug-likeness (QED) is 0.840. The van der Waals surface area contributed by atoms with Gasteiger partial charge in [0.05, 0.1) is 0 Å².